The van der Waals surface area contributed by atoms with Gasteiger partial charge < -0.3 is 4.74 Å². The molecule has 1 amide bonds. The highest BCUT2D eigenvalue weighted by atomic mass is 35.5. The van der Waals surface area contributed by atoms with E-state index in [0.717, 1.165) is 18.2 Å². The summed E-state index contributed by atoms with van der Waals surface area (Å²) in [6.45, 7) is -0.847. The van der Waals surface area contributed by atoms with Crippen molar-refractivity contribution in [3.63, 3.8) is 0 Å². The number of thiazole rings is 1. The van der Waals surface area contributed by atoms with Crippen molar-refractivity contribution in [3.05, 3.63) is 62.4 Å². The van der Waals surface area contributed by atoms with Gasteiger partial charge in [0.2, 0.25) is 0 Å². The minimum absolute atomic E-state index is 0.0296. The summed E-state index contributed by atoms with van der Waals surface area (Å²) in [5, 5.41) is 13.0. The zero-order chi connectivity index (χ0) is 21.3. The van der Waals surface area contributed by atoms with Crippen LogP contribution >= 0.6 is 22.9 Å². The zero-order valence-corrected chi connectivity index (χ0v) is 15.4. The maximum atomic E-state index is 13.7. The number of hydrogen-bond acceptors (Lipinski definition) is 7. The molecule has 0 unspecified atom stereocenters. The van der Waals surface area contributed by atoms with Crippen molar-refractivity contribution in [2.45, 2.75) is 0 Å². The molecule has 0 radical (unpaired) electrons. The number of nitro benzene ring substituents is 1. The molecule has 0 spiro atoms. The van der Waals surface area contributed by atoms with Gasteiger partial charge in [0.1, 0.15) is 11.1 Å². The number of hydrogen-bond donors (Lipinski definition) is 1. The predicted molar refractivity (Wildman–Crippen MR) is 96.5 cm³/mol. The first kappa shape index (κ1) is 20.5. The Balaban J connectivity index is 1.69. The minimum Gasteiger partial charge on any atom is -0.452 e. The average Bonchev–Trinajstić information content (AvgIpc) is 3.06. The van der Waals surface area contributed by atoms with E-state index in [1.807, 2.05) is 0 Å². The number of fused-ring (bicyclic) bond motifs is 1. The van der Waals surface area contributed by atoms with Gasteiger partial charge in [-0.25, -0.2) is 22.9 Å². The molecular weight excluding hydrogens is 439 g/mol. The first-order valence-electron chi connectivity index (χ1n) is 7.52. The SMILES string of the molecule is O=C(COC(=O)c1ccc(Cl)cc1[N+](=O)[O-])Nc1nc2c(F)c(F)c(F)cc2s1. The lowest BCUT2D eigenvalue weighted by atomic mass is 10.2. The molecule has 0 aliphatic heterocycles. The standard InChI is InChI=1S/C16H7ClF3N3O5S/c17-6-1-2-7(9(3-6)23(26)27)15(25)28-5-11(24)21-16-22-14-10(29-16)4-8(18)12(19)13(14)20/h1-4H,5H2,(H,21,22,24). The van der Waals surface area contributed by atoms with Crippen molar-refractivity contribution in [3.8, 4) is 0 Å². The first-order chi connectivity index (χ1) is 13.7. The molecule has 2 aromatic carbocycles. The van der Waals surface area contributed by atoms with Crippen LogP contribution in [-0.2, 0) is 9.53 Å². The fourth-order valence-electron chi connectivity index (χ4n) is 2.22. The van der Waals surface area contributed by atoms with Crippen LogP contribution in [0.25, 0.3) is 10.2 Å². The third kappa shape index (κ3) is 4.27. The average molecular weight is 446 g/mol. The minimum atomic E-state index is -1.70. The Morgan fingerprint density at radius 2 is 1.97 bits per heavy atom. The highest BCUT2D eigenvalue weighted by Gasteiger charge is 2.23. The summed E-state index contributed by atoms with van der Waals surface area (Å²) in [5.41, 5.74) is -1.49. The number of carbonyl (C=O) groups is 2. The Hall–Kier alpha value is -3.25. The summed E-state index contributed by atoms with van der Waals surface area (Å²) < 4.78 is 44.8. The van der Waals surface area contributed by atoms with Gasteiger partial charge in [-0.1, -0.05) is 22.9 Å². The number of halogens is 4. The molecule has 1 aromatic heterocycles. The van der Waals surface area contributed by atoms with E-state index >= 15 is 0 Å². The number of ether oxygens (including phenoxy) is 1. The highest BCUT2D eigenvalue weighted by molar-refractivity contribution is 7.22. The first-order valence-corrected chi connectivity index (χ1v) is 8.71. The molecule has 0 saturated carbocycles. The van der Waals surface area contributed by atoms with Crippen LogP contribution in [0.1, 0.15) is 10.4 Å². The van der Waals surface area contributed by atoms with Gasteiger partial charge >= 0.3 is 5.97 Å². The second kappa shape index (κ2) is 8.01. The number of nitro groups is 1. The van der Waals surface area contributed by atoms with Crippen LogP contribution in [0.5, 0.6) is 0 Å². The third-order valence-electron chi connectivity index (χ3n) is 3.48. The van der Waals surface area contributed by atoms with Crippen LogP contribution in [0.3, 0.4) is 0 Å². The normalized spacial score (nSPS) is 10.8. The van der Waals surface area contributed by atoms with Gasteiger partial charge in [-0.15, -0.1) is 0 Å². The van der Waals surface area contributed by atoms with E-state index < -0.39 is 57.6 Å². The van der Waals surface area contributed by atoms with E-state index in [-0.39, 0.29) is 14.9 Å². The highest BCUT2D eigenvalue weighted by Crippen LogP contribution is 2.30. The molecule has 150 valence electrons. The van der Waals surface area contributed by atoms with Crippen LogP contribution in [0.2, 0.25) is 5.02 Å². The van der Waals surface area contributed by atoms with Crippen LogP contribution in [-0.4, -0.2) is 28.4 Å². The summed E-state index contributed by atoms with van der Waals surface area (Å²) in [6.07, 6.45) is 0. The number of aromatic nitrogens is 1. The molecule has 0 saturated heterocycles. The summed E-state index contributed by atoms with van der Waals surface area (Å²) in [7, 11) is 0. The molecule has 0 fully saturated rings. The molecular formula is C16H7ClF3N3O5S. The van der Waals surface area contributed by atoms with Gasteiger partial charge in [0.15, 0.2) is 29.2 Å². The van der Waals surface area contributed by atoms with Gasteiger partial charge in [-0.2, -0.15) is 0 Å². The molecule has 0 aliphatic carbocycles. The van der Waals surface area contributed by atoms with Crippen molar-refractivity contribution in [2.24, 2.45) is 0 Å². The maximum Gasteiger partial charge on any atom is 0.345 e. The Labute approximate surface area is 168 Å². The van der Waals surface area contributed by atoms with Crippen molar-refractivity contribution in [1.29, 1.82) is 0 Å². The molecule has 0 aliphatic rings. The lowest BCUT2D eigenvalue weighted by Crippen LogP contribution is -2.21. The summed E-state index contributed by atoms with van der Waals surface area (Å²) in [6, 6.07) is 3.98. The van der Waals surface area contributed by atoms with Gasteiger partial charge in [0.05, 0.1) is 9.62 Å². The molecule has 3 rings (SSSR count). The monoisotopic (exact) mass is 445 g/mol. The van der Waals surface area contributed by atoms with E-state index in [2.05, 4.69) is 10.3 Å². The summed E-state index contributed by atoms with van der Waals surface area (Å²) in [4.78, 5) is 37.7. The van der Waals surface area contributed by atoms with E-state index in [1.165, 1.54) is 6.07 Å². The number of esters is 1. The number of nitrogens with zero attached hydrogens (tertiary/aromatic N) is 2. The summed E-state index contributed by atoms with van der Waals surface area (Å²) >= 11 is 6.31. The van der Waals surface area contributed by atoms with Crippen LogP contribution in [0.4, 0.5) is 24.0 Å². The van der Waals surface area contributed by atoms with E-state index in [0.29, 0.717) is 11.3 Å². The zero-order valence-electron chi connectivity index (χ0n) is 13.9. The predicted octanol–water partition coefficient (Wildman–Crippen LogP) is 4.07. The van der Waals surface area contributed by atoms with Gasteiger partial charge in [-0.3, -0.25) is 20.2 Å². The number of rotatable bonds is 5. The Kier molecular flexibility index (Phi) is 5.66. The number of nitrogens with one attached hydrogen (secondary N) is 1. The topological polar surface area (TPSA) is 111 Å². The molecule has 1 heterocycles. The number of amides is 1. The molecule has 0 atom stereocenters. The lowest BCUT2D eigenvalue weighted by molar-refractivity contribution is -0.385. The second-order valence-electron chi connectivity index (χ2n) is 5.40. The van der Waals surface area contributed by atoms with Crippen LogP contribution in [0, 0.1) is 27.6 Å². The Morgan fingerprint density at radius 1 is 1.24 bits per heavy atom. The summed E-state index contributed by atoms with van der Waals surface area (Å²) in [5.74, 6) is -6.66. The third-order valence-corrected chi connectivity index (χ3v) is 4.63. The molecule has 3 aromatic rings. The Bertz CT molecular complexity index is 1170. The molecule has 0 bridgehead atoms. The van der Waals surface area contributed by atoms with Crippen molar-refractivity contribution < 1.29 is 32.4 Å². The fraction of sp³-hybridized carbons (Fsp3) is 0.0625. The quantitative estimate of drug-likeness (QED) is 0.274. The molecule has 1 N–H and O–H groups in total. The molecule has 8 nitrogen and oxygen atoms in total. The maximum absolute atomic E-state index is 13.7. The van der Waals surface area contributed by atoms with Crippen molar-refractivity contribution >= 4 is 55.8 Å². The van der Waals surface area contributed by atoms with E-state index in [4.69, 9.17) is 16.3 Å². The van der Waals surface area contributed by atoms with Crippen molar-refractivity contribution in [2.75, 3.05) is 11.9 Å². The smallest absolute Gasteiger partial charge is 0.345 e. The fourth-order valence-corrected chi connectivity index (χ4v) is 3.29. The Morgan fingerprint density at radius 3 is 2.66 bits per heavy atom. The largest absolute Gasteiger partial charge is 0.452 e. The van der Waals surface area contributed by atoms with Gasteiger partial charge in [0.25, 0.3) is 11.6 Å². The van der Waals surface area contributed by atoms with Gasteiger partial charge in [-0.05, 0) is 18.2 Å². The number of anilines is 1. The number of carbonyl (C=O) groups excluding carboxylic acids is 2. The molecule has 13 heteroatoms. The molecule has 29 heavy (non-hydrogen) atoms. The lowest BCUT2D eigenvalue weighted by Gasteiger charge is -2.05. The van der Waals surface area contributed by atoms with Crippen LogP contribution < -0.4 is 5.32 Å². The van der Waals surface area contributed by atoms with E-state index in [1.54, 1.807) is 0 Å². The van der Waals surface area contributed by atoms with E-state index in [9.17, 15) is 32.9 Å². The number of benzene rings is 2. The van der Waals surface area contributed by atoms with Gasteiger partial charge in [0, 0.05) is 11.1 Å². The van der Waals surface area contributed by atoms with Crippen molar-refractivity contribution in [1.82, 2.24) is 4.98 Å². The second-order valence-corrected chi connectivity index (χ2v) is 6.86. The van der Waals surface area contributed by atoms with Crippen LogP contribution in [0.15, 0.2) is 24.3 Å².